The minimum absolute atomic E-state index is 0.249. The maximum Gasteiger partial charge on any atom is 0.397 e. The second-order valence-corrected chi connectivity index (χ2v) is 19.2. The van der Waals surface area contributed by atoms with Gasteiger partial charge in [0.05, 0.1) is 25.4 Å². The van der Waals surface area contributed by atoms with Crippen LogP contribution in [0.1, 0.15) is 232 Å². The zero-order valence-corrected chi connectivity index (χ0v) is 40.7. The molecule has 0 saturated carbocycles. The molecule has 1 amide bonds. The van der Waals surface area contributed by atoms with E-state index in [4.69, 9.17) is 9.47 Å². The number of amides is 1. The van der Waals surface area contributed by atoms with Crippen molar-refractivity contribution in [2.75, 3.05) is 13.2 Å². The van der Waals surface area contributed by atoms with E-state index in [9.17, 15) is 38.2 Å². The average molecular weight is 918 g/mol. The van der Waals surface area contributed by atoms with Gasteiger partial charge in [0.2, 0.25) is 5.91 Å². The summed E-state index contributed by atoms with van der Waals surface area (Å²) in [6, 6.07) is -0.949. The fourth-order valence-corrected chi connectivity index (χ4v) is 8.72. The first-order chi connectivity index (χ1) is 30.5. The number of carbonyl (C=O) groups is 1. The molecule has 1 aliphatic heterocycles. The molecule has 7 atom stereocenters. The summed E-state index contributed by atoms with van der Waals surface area (Å²) < 4.78 is 47.7. The summed E-state index contributed by atoms with van der Waals surface area (Å²) in [6.45, 7) is 3.38. The molecule has 7 unspecified atom stereocenters. The largest absolute Gasteiger partial charge is 0.397 e. The summed E-state index contributed by atoms with van der Waals surface area (Å²) in [5.41, 5.74) is 0. The average Bonchev–Trinajstić information content (AvgIpc) is 3.25. The molecule has 1 aliphatic rings. The summed E-state index contributed by atoms with van der Waals surface area (Å²) in [4.78, 5) is 13.0. The van der Waals surface area contributed by atoms with Crippen molar-refractivity contribution in [1.82, 2.24) is 5.32 Å². The minimum Gasteiger partial charge on any atom is -0.394 e. The molecule has 63 heavy (non-hydrogen) atoms. The van der Waals surface area contributed by atoms with Crippen molar-refractivity contribution >= 4 is 16.3 Å². The van der Waals surface area contributed by atoms with E-state index >= 15 is 0 Å². The van der Waals surface area contributed by atoms with Gasteiger partial charge in [-0.3, -0.25) is 9.35 Å². The Kier molecular flexibility index (Phi) is 38.6. The molecule has 1 rings (SSSR count). The van der Waals surface area contributed by atoms with Gasteiger partial charge in [-0.1, -0.05) is 205 Å². The Labute approximate surface area is 384 Å². The van der Waals surface area contributed by atoms with Crippen LogP contribution in [-0.2, 0) is 28.9 Å². The normalized spacial score (nSPS) is 20.5. The summed E-state index contributed by atoms with van der Waals surface area (Å²) >= 11 is 0. The van der Waals surface area contributed by atoms with Gasteiger partial charge in [0, 0.05) is 6.42 Å². The molecule has 0 bridgehead atoms. The third kappa shape index (κ3) is 33.7. The van der Waals surface area contributed by atoms with E-state index in [1.165, 1.54) is 161 Å². The molecule has 13 heteroatoms. The van der Waals surface area contributed by atoms with Gasteiger partial charge in [-0.2, -0.15) is 8.42 Å². The lowest BCUT2D eigenvalue weighted by atomic mass is 9.99. The molecule has 1 fully saturated rings. The lowest BCUT2D eigenvalue weighted by Crippen LogP contribution is -2.61. The van der Waals surface area contributed by atoms with Crippen LogP contribution in [0, 0.1) is 0 Å². The van der Waals surface area contributed by atoms with Crippen LogP contribution in [0.5, 0.6) is 0 Å². The summed E-state index contributed by atoms with van der Waals surface area (Å²) in [5, 5.41) is 44.8. The molecule has 12 nitrogen and oxygen atoms in total. The van der Waals surface area contributed by atoms with Gasteiger partial charge < -0.3 is 35.2 Å². The number of nitrogens with one attached hydrogen (secondary N) is 1. The van der Waals surface area contributed by atoms with Crippen LogP contribution >= 0.6 is 0 Å². The van der Waals surface area contributed by atoms with Crippen LogP contribution in [0.2, 0.25) is 0 Å². The highest BCUT2D eigenvalue weighted by Crippen LogP contribution is 2.26. The summed E-state index contributed by atoms with van der Waals surface area (Å²) in [5.74, 6) is -0.277. The van der Waals surface area contributed by atoms with E-state index in [-0.39, 0.29) is 18.9 Å². The molecule has 0 aliphatic carbocycles. The molecule has 0 aromatic carbocycles. The highest BCUT2D eigenvalue weighted by atomic mass is 32.3. The van der Waals surface area contributed by atoms with E-state index < -0.39 is 59.9 Å². The van der Waals surface area contributed by atoms with Gasteiger partial charge in [0.1, 0.15) is 24.4 Å². The molecule has 0 spiro atoms. The van der Waals surface area contributed by atoms with Crippen LogP contribution in [0.15, 0.2) is 24.3 Å². The van der Waals surface area contributed by atoms with Crippen molar-refractivity contribution in [2.24, 2.45) is 0 Å². The predicted molar refractivity (Wildman–Crippen MR) is 255 cm³/mol. The van der Waals surface area contributed by atoms with Gasteiger partial charge in [0.25, 0.3) is 0 Å². The molecule has 1 heterocycles. The standard InChI is InChI=1S/C50H95NO11S/c1-3-5-7-9-11-13-15-17-18-19-20-21-22-23-24-25-26-28-29-31-33-35-37-39-44(53)43(42-60-50-48(56)49(62-63(57,58)59)47(55)45(41-52)61-50)51-46(54)40-38-36-34-32-30-27-16-14-12-10-8-6-4-2/h27,30,37,39,43-45,47-50,52-53,55-56H,3-26,28-29,31-36,38,40-42H2,1-2H3,(H,51,54)(H,57,58,59)/b30-27-,39-37+. The Balaban J connectivity index is 2.43. The summed E-state index contributed by atoms with van der Waals surface area (Å²) in [6.07, 6.45) is 39.4. The van der Waals surface area contributed by atoms with Gasteiger partial charge >= 0.3 is 10.4 Å². The van der Waals surface area contributed by atoms with Gasteiger partial charge in [-0.05, 0) is 44.9 Å². The van der Waals surface area contributed by atoms with Crippen molar-refractivity contribution in [3.8, 4) is 0 Å². The van der Waals surface area contributed by atoms with E-state index in [1.54, 1.807) is 6.08 Å². The zero-order chi connectivity index (χ0) is 46.2. The van der Waals surface area contributed by atoms with Crippen LogP contribution < -0.4 is 5.32 Å². The molecule has 1 saturated heterocycles. The van der Waals surface area contributed by atoms with Crippen LogP contribution in [0.3, 0.4) is 0 Å². The van der Waals surface area contributed by atoms with Crippen LogP contribution in [-0.4, -0.2) is 95.4 Å². The van der Waals surface area contributed by atoms with Gasteiger partial charge in [-0.25, -0.2) is 4.18 Å². The Morgan fingerprint density at radius 3 is 1.43 bits per heavy atom. The number of hydrogen-bond acceptors (Lipinski definition) is 10. The second-order valence-electron chi connectivity index (χ2n) is 18.1. The monoisotopic (exact) mass is 918 g/mol. The van der Waals surface area contributed by atoms with E-state index in [0.717, 1.165) is 44.9 Å². The van der Waals surface area contributed by atoms with Gasteiger partial charge in [0.15, 0.2) is 6.29 Å². The van der Waals surface area contributed by atoms with E-state index in [0.29, 0.717) is 6.42 Å². The fraction of sp³-hybridized carbons (Fsp3) is 0.900. The number of aliphatic hydroxyl groups is 4. The fourth-order valence-electron chi connectivity index (χ4n) is 8.21. The zero-order valence-electron chi connectivity index (χ0n) is 39.9. The molecule has 6 N–H and O–H groups in total. The van der Waals surface area contributed by atoms with E-state index in [2.05, 4.69) is 35.5 Å². The molecular formula is C50H95NO11S. The van der Waals surface area contributed by atoms with Crippen molar-refractivity contribution in [3.63, 3.8) is 0 Å². The molecular weight excluding hydrogens is 823 g/mol. The van der Waals surface area contributed by atoms with Crippen molar-refractivity contribution in [3.05, 3.63) is 24.3 Å². The maximum absolute atomic E-state index is 13.0. The van der Waals surface area contributed by atoms with Crippen LogP contribution in [0.4, 0.5) is 0 Å². The Hall–Kier alpha value is -1.42. The topological polar surface area (TPSA) is 192 Å². The number of allylic oxidation sites excluding steroid dienone is 3. The van der Waals surface area contributed by atoms with Crippen LogP contribution in [0.25, 0.3) is 0 Å². The van der Waals surface area contributed by atoms with Crippen molar-refractivity contribution in [1.29, 1.82) is 0 Å². The Morgan fingerprint density at radius 1 is 0.619 bits per heavy atom. The second kappa shape index (κ2) is 40.8. The number of unbranched alkanes of at least 4 members (excludes halogenated alkanes) is 30. The first-order valence-corrected chi connectivity index (χ1v) is 27.1. The number of rotatable bonds is 44. The maximum atomic E-state index is 13.0. The van der Waals surface area contributed by atoms with Crippen molar-refractivity contribution < 1.29 is 51.8 Å². The molecule has 0 radical (unpaired) electrons. The minimum atomic E-state index is -5.09. The third-order valence-electron chi connectivity index (χ3n) is 12.2. The summed E-state index contributed by atoms with van der Waals surface area (Å²) in [7, 11) is -5.09. The molecule has 0 aromatic heterocycles. The number of carbonyl (C=O) groups excluding carboxylic acids is 1. The predicted octanol–water partition coefficient (Wildman–Crippen LogP) is 10.9. The lowest BCUT2D eigenvalue weighted by Gasteiger charge is -2.41. The number of ether oxygens (including phenoxy) is 2. The highest BCUT2D eigenvalue weighted by molar-refractivity contribution is 7.80. The molecule has 0 aromatic rings. The highest BCUT2D eigenvalue weighted by Gasteiger charge is 2.48. The smallest absolute Gasteiger partial charge is 0.394 e. The molecule has 372 valence electrons. The Bertz CT molecular complexity index is 1220. The first kappa shape index (κ1) is 59.6. The number of hydrogen-bond donors (Lipinski definition) is 6. The SMILES string of the molecule is CCCCCCCC/C=C\CCCCCC(=O)NC(COC1OC(CO)C(O)C(OS(=O)(=O)O)C1O)C(O)/C=C/CCCCCCCCCCCCCCCCCCCCCCC. The third-order valence-corrected chi connectivity index (χ3v) is 12.7. The Morgan fingerprint density at radius 2 is 1.02 bits per heavy atom. The lowest BCUT2D eigenvalue weighted by molar-refractivity contribution is -0.298. The first-order valence-electron chi connectivity index (χ1n) is 25.7. The number of aliphatic hydroxyl groups excluding tert-OH is 4. The quantitative estimate of drug-likeness (QED) is 0.0194. The van der Waals surface area contributed by atoms with E-state index in [1.807, 2.05) is 6.08 Å². The van der Waals surface area contributed by atoms with Crippen molar-refractivity contribution in [2.45, 2.75) is 275 Å². The van der Waals surface area contributed by atoms with Gasteiger partial charge in [-0.15, -0.1) is 0 Å².